The Kier molecular flexibility index (Phi) is 3.48. The van der Waals surface area contributed by atoms with Crippen molar-refractivity contribution < 1.29 is 0 Å². The van der Waals surface area contributed by atoms with Gasteiger partial charge in [0.25, 0.3) is 0 Å². The quantitative estimate of drug-likeness (QED) is 0.358. The Morgan fingerprint density at radius 2 is 0.966 bits per heavy atom. The van der Waals surface area contributed by atoms with Crippen LogP contribution < -0.4 is 0 Å². The smallest absolute Gasteiger partial charge is 0.0622 e. The van der Waals surface area contributed by atoms with Crippen molar-refractivity contribution in [2.45, 2.75) is 5.41 Å². The average Bonchev–Trinajstić information content (AvgIpc) is 3.16. The van der Waals surface area contributed by atoms with Crippen LogP contribution in [0.5, 0.6) is 0 Å². The van der Waals surface area contributed by atoms with E-state index in [9.17, 15) is 0 Å². The molecule has 0 bridgehead atoms. The second kappa shape index (κ2) is 6.18. The fraction of sp³-hybridized carbons (Fsp3) is 0.0345. The molecule has 2 aliphatic carbocycles. The van der Waals surface area contributed by atoms with Gasteiger partial charge in [-0.05, 0) is 56.7 Å². The van der Waals surface area contributed by atoms with Gasteiger partial charge in [-0.2, -0.15) is 0 Å². The van der Waals surface area contributed by atoms with Crippen molar-refractivity contribution in [2.75, 3.05) is 0 Å². The van der Waals surface area contributed by atoms with E-state index < -0.39 is 0 Å². The third-order valence-electron chi connectivity index (χ3n) is 6.32. The standard InChI is InChI=1S/C29H20/c1-3-11-21(12-4-1)25-19-22-13-7-9-17-26(22)29(24-15-5-2-6-16-24)27-18-10-8-14-23(27)20-28(25)29/h1-20H/t29-/m0/s1. The summed E-state index contributed by atoms with van der Waals surface area (Å²) in [6.45, 7) is 0. The third kappa shape index (κ3) is 2.20. The van der Waals surface area contributed by atoms with Gasteiger partial charge in [0.2, 0.25) is 0 Å². The predicted molar refractivity (Wildman–Crippen MR) is 121 cm³/mol. The second-order valence-corrected chi connectivity index (χ2v) is 7.77. The summed E-state index contributed by atoms with van der Waals surface area (Å²) < 4.78 is 0. The zero-order chi connectivity index (χ0) is 19.3. The van der Waals surface area contributed by atoms with Gasteiger partial charge in [0, 0.05) is 0 Å². The van der Waals surface area contributed by atoms with Crippen LogP contribution in [0.2, 0.25) is 0 Å². The average molecular weight is 368 g/mol. The van der Waals surface area contributed by atoms with E-state index in [1.165, 1.54) is 44.5 Å². The molecule has 0 amide bonds. The number of rotatable bonds is 2. The topological polar surface area (TPSA) is 0 Å². The van der Waals surface area contributed by atoms with E-state index in [-0.39, 0.29) is 5.41 Å². The van der Waals surface area contributed by atoms with Gasteiger partial charge in [-0.3, -0.25) is 0 Å². The van der Waals surface area contributed by atoms with Crippen molar-refractivity contribution in [3.8, 4) is 0 Å². The lowest BCUT2D eigenvalue weighted by molar-refractivity contribution is 0.759. The van der Waals surface area contributed by atoms with E-state index in [1.807, 2.05) is 0 Å². The summed E-state index contributed by atoms with van der Waals surface area (Å²) in [6, 6.07) is 39.5. The molecule has 0 radical (unpaired) electrons. The number of hydrogen-bond acceptors (Lipinski definition) is 0. The first-order valence-electron chi connectivity index (χ1n) is 10.1. The van der Waals surface area contributed by atoms with Crippen molar-refractivity contribution in [3.05, 3.63) is 148 Å². The lowest BCUT2D eigenvalue weighted by Crippen LogP contribution is -2.33. The molecule has 4 aromatic carbocycles. The van der Waals surface area contributed by atoms with Crippen LogP contribution in [0.3, 0.4) is 0 Å². The molecule has 6 rings (SSSR count). The summed E-state index contributed by atoms with van der Waals surface area (Å²) in [4.78, 5) is 0. The van der Waals surface area contributed by atoms with E-state index in [2.05, 4.69) is 121 Å². The van der Waals surface area contributed by atoms with Crippen LogP contribution in [-0.2, 0) is 5.41 Å². The largest absolute Gasteiger partial charge is 0.0719 e. The first kappa shape index (κ1) is 16.3. The van der Waals surface area contributed by atoms with Gasteiger partial charge in [-0.1, -0.05) is 109 Å². The Morgan fingerprint density at radius 3 is 1.62 bits per heavy atom. The molecule has 0 unspecified atom stereocenters. The number of fused-ring (bicyclic) bond motifs is 5. The van der Waals surface area contributed by atoms with Crippen molar-refractivity contribution >= 4 is 17.7 Å². The molecule has 0 saturated heterocycles. The molecule has 0 heterocycles. The van der Waals surface area contributed by atoms with E-state index in [0.717, 1.165) is 0 Å². The summed E-state index contributed by atoms with van der Waals surface area (Å²) in [7, 11) is 0. The highest BCUT2D eigenvalue weighted by molar-refractivity contribution is 6.04. The van der Waals surface area contributed by atoms with Crippen LogP contribution in [0.25, 0.3) is 17.7 Å². The van der Waals surface area contributed by atoms with Gasteiger partial charge in [0.1, 0.15) is 0 Å². The van der Waals surface area contributed by atoms with Crippen LogP contribution in [0.1, 0.15) is 33.4 Å². The lowest BCUT2D eigenvalue weighted by atomic mass is 9.61. The zero-order valence-electron chi connectivity index (χ0n) is 16.0. The highest BCUT2D eigenvalue weighted by Crippen LogP contribution is 2.58. The summed E-state index contributed by atoms with van der Waals surface area (Å²) in [5.41, 5.74) is 10.3. The molecule has 2 aliphatic rings. The molecule has 136 valence electrons. The van der Waals surface area contributed by atoms with E-state index in [4.69, 9.17) is 0 Å². The van der Waals surface area contributed by atoms with Crippen LogP contribution >= 0.6 is 0 Å². The number of benzene rings is 4. The highest BCUT2D eigenvalue weighted by atomic mass is 14.5. The molecule has 0 nitrogen and oxygen atoms in total. The van der Waals surface area contributed by atoms with Crippen LogP contribution in [0.4, 0.5) is 0 Å². The van der Waals surface area contributed by atoms with E-state index >= 15 is 0 Å². The number of allylic oxidation sites excluding steroid dienone is 2. The minimum atomic E-state index is -0.283. The maximum atomic E-state index is 2.40. The highest BCUT2D eigenvalue weighted by Gasteiger charge is 2.48. The molecule has 0 spiro atoms. The normalized spacial score (nSPS) is 18.9. The molecule has 0 aliphatic heterocycles. The van der Waals surface area contributed by atoms with Gasteiger partial charge in [-0.15, -0.1) is 0 Å². The molecule has 0 aromatic heterocycles. The van der Waals surface area contributed by atoms with Crippen molar-refractivity contribution in [1.82, 2.24) is 0 Å². The molecule has 0 heteroatoms. The van der Waals surface area contributed by atoms with Gasteiger partial charge < -0.3 is 0 Å². The fourth-order valence-electron chi connectivity index (χ4n) is 5.15. The van der Waals surface area contributed by atoms with Gasteiger partial charge in [-0.25, -0.2) is 0 Å². The van der Waals surface area contributed by atoms with Crippen molar-refractivity contribution in [1.29, 1.82) is 0 Å². The molecule has 1 atom stereocenters. The summed E-state index contributed by atoms with van der Waals surface area (Å²) >= 11 is 0. The fourth-order valence-corrected chi connectivity index (χ4v) is 5.15. The van der Waals surface area contributed by atoms with Crippen LogP contribution in [0, 0.1) is 0 Å². The summed E-state index contributed by atoms with van der Waals surface area (Å²) in [5.74, 6) is 0. The Bertz CT molecular complexity index is 1280. The minimum absolute atomic E-state index is 0.283. The molecule has 0 fully saturated rings. The SMILES string of the molecule is C1=C(c2ccccc2)C2=Cc3ccccc3[C@]2(c2ccccc2)c2ccccc21. The van der Waals surface area contributed by atoms with Crippen LogP contribution in [0.15, 0.2) is 115 Å². The molecule has 0 saturated carbocycles. The maximum Gasteiger partial charge on any atom is 0.0719 e. The predicted octanol–water partition coefficient (Wildman–Crippen LogP) is 6.97. The Hall–Kier alpha value is -3.64. The van der Waals surface area contributed by atoms with Gasteiger partial charge in [0.15, 0.2) is 0 Å². The molecule has 29 heavy (non-hydrogen) atoms. The van der Waals surface area contributed by atoms with Crippen LogP contribution in [-0.4, -0.2) is 0 Å². The third-order valence-corrected chi connectivity index (χ3v) is 6.32. The second-order valence-electron chi connectivity index (χ2n) is 7.77. The molecule has 4 aromatic rings. The molecule has 0 N–H and O–H groups in total. The van der Waals surface area contributed by atoms with Gasteiger partial charge in [0.05, 0.1) is 5.41 Å². The van der Waals surface area contributed by atoms with Gasteiger partial charge >= 0.3 is 0 Å². The molecular formula is C29H20. The zero-order valence-corrected chi connectivity index (χ0v) is 16.0. The number of hydrogen-bond donors (Lipinski definition) is 0. The first-order valence-corrected chi connectivity index (χ1v) is 10.1. The first-order chi connectivity index (χ1) is 14.4. The Morgan fingerprint density at radius 1 is 0.448 bits per heavy atom. The summed E-state index contributed by atoms with van der Waals surface area (Å²) in [5, 5.41) is 0. The van der Waals surface area contributed by atoms with E-state index in [1.54, 1.807) is 0 Å². The Balaban J connectivity index is 1.77. The Labute approximate surface area is 171 Å². The molecular weight excluding hydrogens is 348 g/mol. The minimum Gasteiger partial charge on any atom is -0.0622 e. The maximum absolute atomic E-state index is 2.40. The monoisotopic (exact) mass is 368 g/mol. The lowest BCUT2D eigenvalue weighted by Gasteiger charge is -2.40. The van der Waals surface area contributed by atoms with Crippen molar-refractivity contribution in [2.24, 2.45) is 0 Å². The van der Waals surface area contributed by atoms with E-state index in [0.29, 0.717) is 0 Å². The van der Waals surface area contributed by atoms with Crippen molar-refractivity contribution in [3.63, 3.8) is 0 Å². The summed E-state index contributed by atoms with van der Waals surface area (Å²) in [6.07, 6.45) is 4.76.